The Morgan fingerprint density at radius 3 is 1.12 bits per heavy atom. The van der Waals surface area contributed by atoms with Gasteiger partial charge in [0.15, 0.2) is 24.8 Å². The predicted molar refractivity (Wildman–Crippen MR) is 148 cm³/mol. The number of fused-ring (bicyclic) bond motifs is 2. The molecule has 5 rings (SSSR count). The van der Waals surface area contributed by atoms with Crippen molar-refractivity contribution in [2.45, 2.75) is 13.1 Å². The van der Waals surface area contributed by atoms with Crippen molar-refractivity contribution < 1.29 is 28.7 Å². The molecule has 0 aliphatic carbocycles. The molecule has 2 heterocycles. The summed E-state index contributed by atoms with van der Waals surface area (Å²) >= 11 is 0. The molecule has 12 nitrogen and oxygen atoms in total. The topological polar surface area (TPSA) is 165 Å². The first-order valence-electron chi connectivity index (χ1n) is 12.5. The van der Waals surface area contributed by atoms with Crippen molar-refractivity contribution in [2.24, 2.45) is 0 Å². The van der Waals surface area contributed by atoms with Gasteiger partial charge in [-0.05, 0) is 12.1 Å². The number of hydrogen-bond donors (Lipinski definition) is 0. The highest BCUT2D eigenvalue weighted by atomic mass is 16.5. The fraction of sp³-hybridized carbons (Fsp3) is 0.133. The molecule has 0 N–H and O–H groups in total. The van der Waals surface area contributed by atoms with Crippen molar-refractivity contribution in [3.05, 3.63) is 125 Å². The van der Waals surface area contributed by atoms with E-state index in [1.165, 1.54) is 0 Å². The zero-order valence-electron chi connectivity index (χ0n) is 21.7. The number of hydrogen-bond acceptors (Lipinski definition) is 10. The van der Waals surface area contributed by atoms with Gasteiger partial charge in [-0.2, -0.15) is 0 Å². The summed E-state index contributed by atoms with van der Waals surface area (Å²) in [5, 5.41) is -0.867. The quantitative estimate of drug-likeness (QED) is 0.173. The number of ketones is 2. The van der Waals surface area contributed by atoms with E-state index in [1.807, 2.05) is 0 Å². The summed E-state index contributed by atoms with van der Waals surface area (Å²) in [7, 11) is 0. The van der Waals surface area contributed by atoms with Crippen LogP contribution in [-0.2, 0) is 32.2 Å². The van der Waals surface area contributed by atoms with Crippen LogP contribution in [0.3, 0.4) is 0 Å². The minimum absolute atomic E-state index is 0.217. The zero-order valence-corrected chi connectivity index (χ0v) is 21.7. The van der Waals surface area contributed by atoms with Gasteiger partial charge in [0.2, 0.25) is 0 Å². The molecule has 0 atom stereocenters. The van der Waals surface area contributed by atoms with Crippen LogP contribution in [0.25, 0.3) is 21.5 Å². The van der Waals surface area contributed by atoms with Crippen LogP contribution >= 0.6 is 0 Å². The van der Waals surface area contributed by atoms with Crippen LogP contribution in [0, 0.1) is 0 Å². The van der Waals surface area contributed by atoms with Crippen LogP contribution < -0.4 is 22.2 Å². The lowest BCUT2D eigenvalue weighted by molar-refractivity contribution is -0.144. The normalized spacial score (nSPS) is 11.0. The Morgan fingerprint density at radius 2 is 0.810 bits per heavy atom. The molecule has 0 bridgehead atoms. The summed E-state index contributed by atoms with van der Waals surface area (Å²) in [4.78, 5) is 101. The lowest BCUT2D eigenvalue weighted by Crippen LogP contribution is -2.31. The van der Waals surface area contributed by atoms with E-state index < -0.39 is 72.0 Å². The summed E-state index contributed by atoms with van der Waals surface area (Å²) in [6.45, 7) is -2.77. The highest BCUT2D eigenvalue weighted by molar-refractivity contribution is 5.99. The molecule has 0 aliphatic rings. The molecule has 0 aliphatic heterocycles. The van der Waals surface area contributed by atoms with E-state index in [2.05, 4.69) is 0 Å². The molecular formula is C30H20N2O10. The number of esters is 2. The molecule has 0 unspecified atom stereocenters. The van der Waals surface area contributed by atoms with E-state index in [9.17, 15) is 38.4 Å². The van der Waals surface area contributed by atoms with E-state index in [4.69, 9.17) is 9.47 Å². The van der Waals surface area contributed by atoms with Crippen molar-refractivity contribution >= 4 is 45.0 Å². The van der Waals surface area contributed by atoms with Crippen LogP contribution in [0.5, 0.6) is 0 Å². The van der Waals surface area contributed by atoms with Crippen molar-refractivity contribution in [2.75, 3.05) is 13.2 Å². The van der Waals surface area contributed by atoms with Gasteiger partial charge in [0.25, 0.3) is 22.2 Å². The maximum absolute atomic E-state index is 12.9. The van der Waals surface area contributed by atoms with Crippen LogP contribution in [0.4, 0.5) is 0 Å². The molecule has 0 saturated heterocycles. The molecule has 0 radical (unpaired) electrons. The van der Waals surface area contributed by atoms with Crippen molar-refractivity contribution in [3.8, 4) is 0 Å². The smallest absolute Gasteiger partial charge is 0.326 e. The number of carbonyl (C=O) groups is 4. The SMILES string of the molecule is O=C(Cn1c(=O)c2cc3c(=O)n(CC(=O)OCC(=O)c4ccccc4)c(=O)c3cc2c1=O)OCC(=O)c1ccccc1. The number of carbonyl (C=O) groups excluding carboxylic acids is 4. The lowest BCUT2D eigenvalue weighted by Gasteiger charge is -2.04. The molecule has 2 aromatic heterocycles. The Balaban J connectivity index is 1.33. The number of Topliss-reactive ketones (excluding diaryl/α,β-unsaturated/α-hetero) is 2. The maximum atomic E-state index is 12.9. The van der Waals surface area contributed by atoms with Crippen molar-refractivity contribution in [1.82, 2.24) is 9.13 Å². The monoisotopic (exact) mass is 568 g/mol. The first-order valence-corrected chi connectivity index (χ1v) is 12.5. The summed E-state index contributed by atoms with van der Waals surface area (Å²) in [6, 6.07) is 18.3. The molecule has 42 heavy (non-hydrogen) atoms. The van der Waals surface area contributed by atoms with Gasteiger partial charge in [-0.25, -0.2) is 0 Å². The number of aromatic nitrogens is 2. The fourth-order valence-corrected chi connectivity index (χ4v) is 4.42. The Hall–Kier alpha value is -5.78. The van der Waals surface area contributed by atoms with Gasteiger partial charge < -0.3 is 9.47 Å². The van der Waals surface area contributed by atoms with E-state index in [0.717, 1.165) is 12.1 Å². The van der Waals surface area contributed by atoms with Gasteiger partial charge in [0, 0.05) is 11.1 Å². The van der Waals surface area contributed by atoms with E-state index >= 15 is 0 Å². The van der Waals surface area contributed by atoms with Gasteiger partial charge in [-0.3, -0.25) is 47.5 Å². The molecule has 5 aromatic rings. The minimum atomic E-state index is -1.01. The Morgan fingerprint density at radius 1 is 0.500 bits per heavy atom. The van der Waals surface area contributed by atoms with Gasteiger partial charge in [-0.15, -0.1) is 0 Å². The molecule has 0 spiro atoms. The second kappa shape index (κ2) is 11.4. The average Bonchev–Trinajstić information content (AvgIpc) is 3.38. The maximum Gasteiger partial charge on any atom is 0.326 e. The molecular weight excluding hydrogens is 548 g/mol. The lowest BCUT2D eigenvalue weighted by atomic mass is 10.1. The summed E-state index contributed by atoms with van der Waals surface area (Å²) in [5.74, 6) is -2.97. The van der Waals surface area contributed by atoms with Crippen LogP contribution in [-0.4, -0.2) is 45.9 Å². The third-order valence-electron chi connectivity index (χ3n) is 6.55. The number of nitrogens with zero attached hydrogens (tertiary/aromatic N) is 2. The first kappa shape index (κ1) is 27.8. The Bertz CT molecular complexity index is 1860. The molecule has 12 heteroatoms. The predicted octanol–water partition coefficient (Wildman–Crippen LogP) is 0.765. The molecule has 3 aromatic carbocycles. The van der Waals surface area contributed by atoms with Crippen molar-refractivity contribution in [3.63, 3.8) is 0 Å². The third-order valence-corrected chi connectivity index (χ3v) is 6.55. The summed E-state index contributed by atoms with van der Waals surface area (Å²) in [6.07, 6.45) is 0. The van der Waals surface area contributed by atoms with E-state index in [-0.39, 0.29) is 21.5 Å². The number of rotatable bonds is 10. The van der Waals surface area contributed by atoms with E-state index in [0.29, 0.717) is 20.3 Å². The highest BCUT2D eigenvalue weighted by Crippen LogP contribution is 2.14. The van der Waals surface area contributed by atoms with Gasteiger partial charge in [0.1, 0.15) is 13.1 Å². The Kier molecular flexibility index (Phi) is 7.52. The number of benzene rings is 3. The van der Waals surface area contributed by atoms with Crippen LogP contribution in [0.2, 0.25) is 0 Å². The van der Waals surface area contributed by atoms with Crippen LogP contribution in [0.1, 0.15) is 20.7 Å². The van der Waals surface area contributed by atoms with E-state index in [1.54, 1.807) is 60.7 Å². The third kappa shape index (κ3) is 5.32. The van der Waals surface area contributed by atoms with Crippen molar-refractivity contribution in [1.29, 1.82) is 0 Å². The standard InChI is InChI=1S/C30H20N2O10/c33-23(17-7-3-1-4-8-17)15-41-25(35)13-31-27(37)19-11-21-22(12-20(19)28(31)38)30(40)32(29(21)39)14-26(36)42-16-24(34)18-9-5-2-6-10-18/h1-12H,13-16H2. The second-order valence-corrected chi connectivity index (χ2v) is 9.24. The second-order valence-electron chi connectivity index (χ2n) is 9.24. The molecule has 210 valence electrons. The minimum Gasteiger partial charge on any atom is -0.456 e. The Labute approximate surface area is 234 Å². The van der Waals surface area contributed by atoms with Gasteiger partial charge in [0.05, 0.1) is 21.5 Å². The zero-order chi connectivity index (χ0) is 30.0. The molecule has 0 fully saturated rings. The molecule has 0 saturated carbocycles. The van der Waals surface area contributed by atoms with Crippen LogP contribution in [0.15, 0.2) is 92.0 Å². The fourth-order valence-electron chi connectivity index (χ4n) is 4.42. The summed E-state index contributed by atoms with van der Waals surface area (Å²) in [5.41, 5.74) is -2.97. The van der Waals surface area contributed by atoms with Gasteiger partial charge >= 0.3 is 11.9 Å². The highest BCUT2D eigenvalue weighted by Gasteiger charge is 2.22. The average molecular weight is 568 g/mol. The number of ether oxygens (including phenoxy) is 2. The first-order chi connectivity index (χ1) is 20.2. The molecule has 0 amide bonds. The van der Waals surface area contributed by atoms with Gasteiger partial charge in [-0.1, -0.05) is 60.7 Å². The summed E-state index contributed by atoms with van der Waals surface area (Å²) < 4.78 is 11.0. The largest absolute Gasteiger partial charge is 0.456 e.